The normalized spacial score (nSPS) is 14.1. The van der Waals surface area contributed by atoms with Crippen molar-refractivity contribution in [3.63, 3.8) is 0 Å². The Balaban J connectivity index is 2.68. The molecule has 0 spiro atoms. The average Bonchev–Trinajstić information content (AvgIpc) is 1.61. The predicted octanol–water partition coefficient (Wildman–Crippen LogP) is 0.218. The topological polar surface area (TPSA) is 29.5 Å². The van der Waals surface area contributed by atoms with Crippen molar-refractivity contribution >= 4 is 0 Å². The number of hydrogen-bond acceptors (Lipinski definition) is 2. The molecule has 0 aliphatic rings. The largest absolute Gasteiger partial charge is 0.391 e. The minimum Gasteiger partial charge on any atom is -0.391 e. The van der Waals surface area contributed by atoms with Gasteiger partial charge < -0.3 is 9.84 Å². The third-order valence-corrected chi connectivity index (χ3v) is 0.514. The van der Waals surface area contributed by atoms with Gasteiger partial charge in [-0.3, -0.25) is 0 Å². The van der Waals surface area contributed by atoms with Crippen LogP contribution in [0, 0.1) is 6.92 Å². The first kappa shape index (κ1) is 6.92. The van der Waals surface area contributed by atoms with Gasteiger partial charge in [-0.25, -0.2) is 0 Å². The Morgan fingerprint density at radius 1 is 1.86 bits per heavy atom. The Labute approximate surface area is 44.1 Å². The molecule has 0 heterocycles. The molecular formula is C5H11O2. The van der Waals surface area contributed by atoms with Gasteiger partial charge in [0, 0.05) is 6.61 Å². The van der Waals surface area contributed by atoms with Crippen LogP contribution in [0.4, 0.5) is 0 Å². The zero-order chi connectivity index (χ0) is 5.70. The lowest BCUT2D eigenvalue weighted by molar-refractivity contribution is 0.0655. The van der Waals surface area contributed by atoms with E-state index in [2.05, 4.69) is 6.92 Å². The summed E-state index contributed by atoms with van der Waals surface area (Å²) in [7, 11) is 0. The van der Waals surface area contributed by atoms with Crippen molar-refractivity contribution < 1.29 is 9.84 Å². The molecule has 0 aliphatic heterocycles. The van der Waals surface area contributed by atoms with Crippen molar-refractivity contribution in [1.29, 1.82) is 0 Å². The van der Waals surface area contributed by atoms with Crippen LogP contribution in [0.15, 0.2) is 0 Å². The van der Waals surface area contributed by atoms with Gasteiger partial charge in [0.15, 0.2) is 0 Å². The Morgan fingerprint density at radius 2 is 2.43 bits per heavy atom. The summed E-state index contributed by atoms with van der Waals surface area (Å²) < 4.78 is 4.78. The Bertz CT molecular complexity index is 35.1. The zero-order valence-electron chi connectivity index (χ0n) is 4.55. The van der Waals surface area contributed by atoms with E-state index in [1.54, 1.807) is 0 Å². The summed E-state index contributed by atoms with van der Waals surface area (Å²) >= 11 is 0. The fourth-order valence-electron chi connectivity index (χ4n) is 0.254. The molecule has 0 saturated carbocycles. The maximum atomic E-state index is 8.45. The molecule has 0 aromatic carbocycles. The van der Waals surface area contributed by atoms with E-state index in [1.165, 1.54) is 0 Å². The number of rotatable bonds is 3. The van der Waals surface area contributed by atoms with Crippen molar-refractivity contribution in [2.24, 2.45) is 0 Å². The molecule has 43 valence electrons. The Morgan fingerprint density at radius 3 is 2.57 bits per heavy atom. The van der Waals surface area contributed by atoms with E-state index in [0.717, 1.165) is 0 Å². The van der Waals surface area contributed by atoms with Crippen LogP contribution in [0.2, 0.25) is 0 Å². The third kappa shape index (κ3) is 5.92. The van der Waals surface area contributed by atoms with Gasteiger partial charge in [-0.05, 0) is 13.8 Å². The van der Waals surface area contributed by atoms with E-state index in [4.69, 9.17) is 9.84 Å². The first-order valence-corrected chi connectivity index (χ1v) is 2.36. The Kier molecular flexibility index (Phi) is 4.04. The second-order valence-corrected chi connectivity index (χ2v) is 1.31. The fraction of sp³-hybridized carbons (Fsp3) is 0.800. The molecule has 7 heavy (non-hydrogen) atoms. The molecule has 0 amide bonds. The van der Waals surface area contributed by atoms with E-state index < -0.39 is 6.10 Å². The van der Waals surface area contributed by atoms with E-state index in [0.29, 0.717) is 13.2 Å². The van der Waals surface area contributed by atoms with E-state index >= 15 is 0 Å². The molecule has 2 heteroatoms. The van der Waals surface area contributed by atoms with Crippen molar-refractivity contribution in [3.05, 3.63) is 6.92 Å². The van der Waals surface area contributed by atoms with Crippen molar-refractivity contribution in [2.75, 3.05) is 13.2 Å². The molecule has 2 nitrogen and oxygen atoms in total. The summed E-state index contributed by atoms with van der Waals surface area (Å²) in [5.41, 5.74) is 0. The predicted molar refractivity (Wildman–Crippen MR) is 27.9 cm³/mol. The molecule has 0 unspecified atom stereocenters. The second-order valence-electron chi connectivity index (χ2n) is 1.31. The molecule has 1 atom stereocenters. The summed E-state index contributed by atoms with van der Waals surface area (Å²) in [6.45, 7) is 6.17. The molecule has 0 aromatic rings. The Hall–Kier alpha value is -0.0800. The maximum absolute atomic E-state index is 8.45. The summed E-state index contributed by atoms with van der Waals surface area (Å²) in [4.78, 5) is 0. The van der Waals surface area contributed by atoms with Gasteiger partial charge in [0.05, 0.1) is 12.7 Å². The van der Waals surface area contributed by atoms with Crippen LogP contribution in [0.1, 0.15) is 6.92 Å². The van der Waals surface area contributed by atoms with Crippen molar-refractivity contribution in [2.45, 2.75) is 13.0 Å². The molecule has 0 aliphatic carbocycles. The highest BCUT2D eigenvalue weighted by Gasteiger charge is 1.90. The quantitative estimate of drug-likeness (QED) is 0.553. The number of aliphatic hydroxyl groups excluding tert-OH is 1. The highest BCUT2D eigenvalue weighted by molar-refractivity contribution is 4.52. The monoisotopic (exact) mass is 103 g/mol. The zero-order valence-corrected chi connectivity index (χ0v) is 4.55. The lowest BCUT2D eigenvalue weighted by Gasteiger charge is -2.00. The van der Waals surface area contributed by atoms with Gasteiger partial charge >= 0.3 is 0 Å². The van der Waals surface area contributed by atoms with E-state index in [9.17, 15) is 0 Å². The van der Waals surface area contributed by atoms with Gasteiger partial charge in [0.25, 0.3) is 0 Å². The SMILES string of the molecule is [CH2][C@H](O)COCC. The van der Waals surface area contributed by atoms with Crippen LogP contribution >= 0.6 is 0 Å². The minimum atomic E-state index is -0.569. The molecule has 1 radical (unpaired) electrons. The van der Waals surface area contributed by atoms with Crippen molar-refractivity contribution in [3.8, 4) is 0 Å². The van der Waals surface area contributed by atoms with Crippen LogP contribution in [0.25, 0.3) is 0 Å². The summed E-state index contributed by atoms with van der Waals surface area (Å²) in [6.07, 6.45) is -0.569. The summed E-state index contributed by atoms with van der Waals surface area (Å²) in [5.74, 6) is 0. The molecule has 0 fully saturated rings. The standard InChI is InChI=1S/C5H11O2/c1-3-7-4-5(2)6/h5-6H,2-4H2,1H3/t5-/m0/s1. The highest BCUT2D eigenvalue weighted by atomic mass is 16.5. The van der Waals surface area contributed by atoms with Crippen LogP contribution in [0.5, 0.6) is 0 Å². The fourth-order valence-corrected chi connectivity index (χ4v) is 0.254. The van der Waals surface area contributed by atoms with Gasteiger partial charge in [0.1, 0.15) is 0 Å². The van der Waals surface area contributed by atoms with E-state index in [-0.39, 0.29) is 0 Å². The molecule has 0 rings (SSSR count). The highest BCUT2D eigenvalue weighted by Crippen LogP contribution is 1.78. The lowest BCUT2D eigenvalue weighted by Crippen LogP contribution is -2.09. The smallest absolute Gasteiger partial charge is 0.0774 e. The maximum Gasteiger partial charge on any atom is 0.0774 e. The van der Waals surface area contributed by atoms with Crippen LogP contribution < -0.4 is 0 Å². The second kappa shape index (κ2) is 4.09. The lowest BCUT2D eigenvalue weighted by atomic mass is 10.4. The molecule has 0 aromatic heterocycles. The first-order valence-electron chi connectivity index (χ1n) is 2.36. The van der Waals surface area contributed by atoms with Crippen LogP contribution in [-0.4, -0.2) is 24.4 Å². The first-order chi connectivity index (χ1) is 3.27. The number of aliphatic hydroxyl groups is 1. The molecule has 0 bridgehead atoms. The van der Waals surface area contributed by atoms with Crippen molar-refractivity contribution in [1.82, 2.24) is 0 Å². The molecule has 1 N–H and O–H groups in total. The number of hydrogen-bond donors (Lipinski definition) is 1. The van der Waals surface area contributed by atoms with E-state index in [1.807, 2.05) is 6.92 Å². The molecule has 0 saturated heterocycles. The van der Waals surface area contributed by atoms with Gasteiger partial charge in [-0.1, -0.05) is 0 Å². The van der Waals surface area contributed by atoms with Gasteiger partial charge in [0.2, 0.25) is 0 Å². The minimum absolute atomic E-state index is 0.344. The summed E-state index contributed by atoms with van der Waals surface area (Å²) in [5, 5.41) is 8.45. The summed E-state index contributed by atoms with van der Waals surface area (Å²) in [6, 6.07) is 0. The van der Waals surface area contributed by atoms with Gasteiger partial charge in [-0.15, -0.1) is 0 Å². The van der Waals surface area contributed by atoms with Crippen LogP contribution in [-0.2, 0) is 4.74 Å². The number of ether oxygens (including phenoxy) is 1. The average molecular weight is 103 g/mol. The third-order valence-electron chi connectivity index (χ3n) is 0.514. The molecular weight excluding hydrogens is 92.1 g/mol. The van der Waals surface area contributed by atoms with Gasteiger partial charge in [-0.2, -0.15) is 0 Å². The van der Waals surface area contributed by atoms with Crippen LogP contribution in [0.3, 0.4) is 0 Å².